The fourth-order valence-corrected chi connectivity index (χ4v) is 4.94. The zero-order chi connectivity index (χ0) is 24.5. The molecule has 1 fully saturated rings. The Morgan fingerprint density at radius 1 is 1.15 bits per heavy atom. The Balaban J connectivity index is 1.62. The summed E-state index contributed by atoms with van der Waals surface area (Å²) in [5, 5.41) is 3.04. The molecule has 2 aromatic carbocycles. The van der Waals surface area contributed by atoms with E-state index in [1.165, 1.54) is 6.07 Å². The number of fused-ring (bicyclic) bond motifs is 3. The molecule has 2 atom stereocenters. The van der Waals surface area contributed by atoms with E-state index in [9.17, 15) is 18.0 Å². The summed E-state index contributed by atoms with van der Waals surface area (Å²) in [7, 11) is 1.62. The summed E-state index contributed by atoms with van der Waals surface area (Å²) in [6.07, 6.45) is -3.25. The van der Waals surface area contributed by atoms with Gasteiger partial charge in [0.05, 0.1) is 24.6 Å². The van der Waals surface area contributed by atoms with Gasteiger partial charge in [-0.25, -0.2) is 0 Å². The number of benzene rings is 2. The maximum atomic E-state index is 13.4. The molecule has 5 nitrogen and oxygen atoms in total. The van der Waals surface area contributed by atoms with Crippen molar-refractivity contribution in [1.29, 1.82) is 0 Å². The molecule has 0 spiro atoms. The van der Waals surface area contributed by atoms with Gasteiger partial charge in [0.2, 0.25) is 5.91 Å². The topological polar surface area (TPSA) is 44.8 Å². The summed E-state index contributed by atoms with van der Waals surface area (Å²) in [6.45, 7) is 6.72. The van der Waals surface area contributed by atoms with Crippen molar-refractivity contribution in [2.24, 2.45) is 11.8 Å². The average Bonchev–Trinajstić information content (AvgIpc) is 2.82. The highest BCUT2D eigenvalue weighted by molar-refractivity contribution is 5.82. The first kappa shape index (κ1) is 24.2. The number of anilines is 2. The van der Waals surface area contributed by atoms with Crippen LogP contribution in [0.4, 0.5) is 24.5 Å². The van der Waals surface area contributed by atoms with Gasteiger partial charge in [-0.1, -0.05) is 13.8 Å². The van der Waals surface area contributed by atoms with Crippen LogP contribution < -0.4 is 19.9 Å². The molecule has 8 heteroatoms. The summed E-state index contributed by atoms with van der Waals surface area (Å²) in [5.41, 5.74) is 1.77. The van der Waals surface area contributed by atoms with Crippen LogP contribution in [0.3, 0.4) is 0 Å². The molecule has 0 aliphatic carbocycles. The quantitative estimate of drug-likeness (QED) is 0.655. The number of amides is 1. The van der Waals surface area contributed by atoms with Gasteiger partial charge in [-0.15, -0.1) is 0 Å². The van der Waals surface area contributed by atoms with Crippen LogP contribution in [-0.4, -0.2) is 45.2 Å². The number of alkyl halides is 3. The van der Waals surface area contributed by atoms with E-state index in [0.29, 0.717) is 44.1 Å². The molecule has 184 valence electrons. The second-order valence-corrected chi connectivity index (χ2v) is 9.53. The Labute approximate surface area is 198 Å². The fourth-order valence-electron chi connectivity index (χ4n) is 4.94. The predicted octanol–water partition coefficient (Wildman–Crippen LogP) is 4.74. The summed E-state index contributed by atoms with van der Waals surface area (Å²) in [5.74, 6) is 0.717. The molecule has 2 heterocycles. The standard InChI is InChI=1S/C26H32F3N3O2/c1-17(2)10-11-30-25(33)22-15-18-14-19(26(27,28)29)4-9-23(18)32-13-12-31(16-24(22)32)20-5-7-21(34-3)8-6-20/h4-9,14,17,22,24H,10-13,15-16H2,1-3H3,(H,30,33)/t22-,24+/m0/s1. The Morgan fingerprint density at radius 2 is 1.88 bits per heavy atom. The van der Waals surface area contributed by atoms with Crippen molar-refractivity contribution in [2.45, 2.75) is 38.9 Å². The SMILES string of the molecule is COc1ccc(N2CCN3c4ccc(C(F)(F)F)cc4C[C@H](C(=O)NCCC(C)C)[C@H]3C2)cc1. The second-order valence-electron chi connectivity index (χ2n) is 9.53. The molecule has 1 amide bonds. The maximum Gasteiger partial charge on any atom is 0.416 e. The number of carbonyl (C=O) groups is 1. The smallest absolute Gasteiger partial charge is 0.416 e. The number of halogens is 3. The molecule has 0 radical (unpaired) electrons. The lowest BCUT2D eigenvalue weighted by Gasteiger charge is -2.49. The van der Waals surface area contributed by atoms with Gasteiger partial charge in [0.15, 0.2) is 0 Å². The number of methoxy groups -OCH3 is 1. The largest absolute Gasteiger partial charge is 0.497 e. The molecule has 0 saturated carbocycles. The molecule has 34 heavy (non-hydrogen) atoms. The van der Waals surface area contributed by atoms with Crippen molar-refractivity contribution >= 4 is 17.3 Å². The molecule has 0 bridgehead atoms. The molecular weight excluding hydrogens is 443 g/mol. The van der Waals surface area contributed by atoms with E-state index in [1.807, 2.05) is 24.3 Å². The van der Waals surface area contributed by atoms with Crippen LogP contribution in [0.25, 0.3) is 0 Å². The van der Waals surface area contributed by atoms with E-state index in [0.717, 1.165) is 29.6 Å². The van der Waals surface area contributed by atoms with Crippen molar-refractivity contribution in [3.8, 4) is 5.75 Å². The van der Waals surface area contributed by atoms with E-state index in [2.05, 4.69) is 29.0 Å². The zero-order valence-electron chi connectivity index (χ0n) is 19.9. The third-order valence-corrected chi connectivity index (χ3v) is 6.83. The first-order chi connectivity index (χ1) is 16.2. The van der Waals surface area contributed by atoms with Gasteiger partial charge < -0.3 is 19.9 Å². The molecule has 2 aromatic rings. The number of rotatable bonds is 6. The molecule has 1 N–H and O–H groups in total. The maximum absolute atomic E-state index is 13.4. The third kappa shape index (κ3) is 5.10. The number of carbonyl (C=O) groups excluding carboxylic acids is 1. The first-order valence-electron chi connectivity index (χ1n) is 11.8. The lowest BCUT2D eigenvalue weighted by Crippen LogP contribution is -2.61. The van der Waals surface area contributed by atoms with Crippen LogP contribution >= 0.6 is 0 Å². The van der Waals surface area contributed by atoms with Gasteiger partial charge in [-0.05, 0) is 66.8 Å². The molecule has 0 aromatic heterocycles. The van der Waals surface area contributed by atoms with Crippen LogP contribution in [0.1, 0.15) is 31.4 Å². The molecule has 2 aliphatic heterocycles. The number of nitrogens with zero attached hydrogens (tertiary/aromatic N) is 2. The number of ether oxygens (including phenoxy) is 1. The summed E-state index contributed by atoms with van der Waals surface area (Å²) in [4.78, 5) is 17.6. The van der Waals surface area contributed by atoms with E-state index < -0.39 is 17.7 Å². The van der Waals surface area contributed by atoms with Crippen LogP contribution in [0.15, 0.2) is 42.5 Å². The number of nitrogens with one attached hydrogen (secondary N) is 1. The number of hydrogen-bond acceptors (Lipinski definition) is 4. The van der Waals surface area contributed by atoms with Crippen LogP contribution in [0.5, 0.6) is 5.75 Å². The third-order valence-electron chi connectivity index (χ3n) is 6.83. The van der Waals surface area contributed by atoms with Crippen molar-refractivity contribution in [3.63, 3.8) is 0 Å². The van der Waals surface area contributed by atoms with Crippen molar-refractivity contribution in [3.05, 3.63) is 53.6 Å². The van der Waals surface area contributed by atoms with Gasteiger partial charge >= 0.3 is 6.18 Å². The Kier molecular flexibility index (Phi) is 6.96. The monoisotopic (exact) mass is 475 g/mol. The van der Waals surface area contributed by atoms with Gasteiger partial charge in [0.1, 0.15) is 5.75 Å². The molecule has 4 rings (SSSR count). The highest BCUT2D eigenvalue weighted by atomic mass is 19.4. The van der Waals surface area contributed by atoms with Crippen LogP contribution in [0, 0.1) is 11.8 Å². The van der Waals surface area contributed by atoms with Gasteiger partial charge in [0, 0.05) is 37.6 Å². The van der Waals surface area contributed by atoms with E-state index in [-0.39, 0.29) is 11.9 Å². The van der Waals surface area contributed by atoms with Crippen LogP contribution in [0.2, 0.25) is 0 Å². The lowest BCUT2D eigenvalue weighted by atomic mass is 9.82. The molecular formula is C26H32F3N3O2. The average molecular weight is 476 g/mol. The molecule has 1 saturated heterocycles. The van der Waals surface area contributed by atoms with Crippen molar-refractivity contribution in [1.82, 2.24) is 5.32 Å². The minimum Gasteiger partial charge on any atom is -0.497 e. The Hall–Kier alpha value is -2.90. The van der Waals surface area contributed by atoms with Gasteiger partial charge in [-0.2, -0.15) is 13.2 Å². The summed E-state index contributed by atoms with van der Waals surface area (Å²) >= 11 is 0. The minimum absolute atomic E-state index is 0.0877. The van der Waals surface area contributed by atoms with Gasteiger partial charge in [0.25, 0.3) is 0 Å². The fraction of sp³-hybridized carbons (Fsp3) is 0.500. The van der Waals surface area contributed by atoms with Crippen LogP contribution in [-0.2, 0) is 17.4 Å². The lowest BCUT2D eigenvalue weighted by molar-refractivity contribution is -0.137. The number of piperazine rings is 1. The highest BCUT2D eigenvalue weighted by Crippen LogP contribution is 2.40. The highest BCUT2D eigenvalue weighted by Gasteiger charge is 2.42. The van der Waals surface area contributed by atoms with Gasteiger partial charge in [-0.3, -0.25) is 4.79 Å². The van der Waals surface area contributed by atoms with Crippen molar-refractivity contribution in [2.75, 3.05) is 43.1 Å². The summed E-state index contributed by atoms with van der Waals surface area (Å²) in [6, 6.07) is 11.6. The molecule has 0 unspecified atom stereocenters. The van der Waals surface area contributed by atoms with Crippen molar-refractivity contribution < 1.29 is 22.7 Å². The Morgan fingerprint density at radius 3 is 2.53 bits per heavy atom. The predicted molar refractivity (Wildman–Crippen MR) is 127 cm³/mol. The summed E-state index contributed by atoms with van der Waals surface area (Å²) < 4.78 is 45.4. The van der Waals surface area contributed by atoms with E-state index in [4.69, 9.17) is 4.74 Å². The Bertz CT molecular complexity index is 1010. The van der Waals surface area contributed by atoms with E-state index in [1.54, 1.807) is 13.2 Å². The van der Waals surface area contributed by atoms with E-state index >= 15 is 0 Å². The minimum atomic E-state index is -4.41. The normalized spacial score (nSPS) is 20.1. The second kappa shape index (κ2) is 9.76. The number of hydrogen-bond donors (Lipinski definition) is 1. The molecule has 2 aliphatic rings. The zero-order valence-corrected chi connectivity index (χ0v) is 19.9. The first-order valence-corrected chi connectivity index (χ1v) is 11.8.